The smallest absolute Gasteiger partial charge is 0.249 e. The van der Waals surface area contributed by atoms with Gasteiger partial charge in [-0.15, -0.1) is 11.3 Å². The summed E-state index contributed by atoms with van der Waals surface area (Å²) >= 11 is 1.31. The summed E-state index contributed by atoms with van der Waals surface area (Å²) in [5, 5.41) is 4.68. The lowest BCUT2D eigenvalue weighted by Crippen LogP contribution is -2.59. The summed E-state index contributed by atoms with van der Waals surface area (Å²) in [6.07, 6.45) is 6.13. The maximum absolute atomic E-state index is 13.0. The number of sulfonamides is 1. The molecule has 1 N–H and O–H groups in total. The Bertz CT molecular complexity index is 834. The second kappa shape index (κ2) is 8.66. The van der Waals surface area contributed by atoms with Crippen molar-refractivity contribution in [3.05, 3.63) is 11.6 Å². The van der Waals surface area contributed by atoms with Gasteiger partial charge in [0.2, 0.25) is 21.8 Å². The molecule has 2 unspecified atom stereocenters. The van der Waals surface area contributed by atoms with Gasteiger partial charge >= 0.3 is 0 Å². The number of nitrogens with one attached hydrogen (secondary N) is 1. The van der Waals surface area contributed by atoms with Crippen molar-refractivity contribution in [1.82, 2.24) is 14.2 Å². The zero-order valence-corrected chi connectivity index (χ0v) is 17.8. The monoisotopic (exact) mass is 442 g/mol. The van der Waals surface area contributed by atoms with E-state index in [-0.39, 0.29) is 42.8 Å². The van der Waals surface area contributed by atoms with Crippen molar-refractivity contribution in [2.45, 2.75) is 55.9 Å². The summed E-state index contributed by atoms with van der Waals surface area (Å²) in [4.78, 5) is 31.5. The summed E-state index contributed by atoms with van der Waals surface area (Å²) in [6, 6.07) is -0.708. The number of piperazine rings is 1. The van der Waals surface area contributed by atoms with Gasteiger partial charge in [0.1, 0.15) is 6.04 Å². The van der Waals surface area contributed by atoms with Crippen LogP contribution in [0, 0.1) is 0 Å². The Morgan fingerprint density at radius 3 is 2.76 bits per heavy atom. The first-order valence-corrected chi connectivity index (χ1v) is 12.4. The van der Waals surface area contributed by atoms with E-state index in [1.807, 2.05) is 0 Å². The van der Waals surface area contributed by atoms with Crippen LogP contribution in [0.1, 0.15) is 38.5 Å². The van der Waals surface area contributed by atoms with Gasteiger partial charge in [-0.3, -0.25) is 9.59 Å². The largest absolute Gasteiger partial charge is 0.378 e. The normalized spacial score (nSPS) is 25.0. The molecule has 1 saturated carbocycles. The zero-order chi connectivity index (χ0) is 20.4. The predicted octanol–water partition coefficient (Wildman–Crippen LogP) is 1.05. The summed E-state index contributed by atoms with van der Waals surface area (Å²) in [5.41, 5.74) is 0. The summed E-state index contributed by atoms with van der Waals surface area (Å²) < 4.78 is 32.0. The van der Waals surface area contributed by atoms with Crippen LogP contribution in [0.25, 0.3) is 0 Å². The molecule has 1 aromatic rings. The molecular formula is C18H26N4O5S2. The quantitative estimate of drug-likeness (QED) is 0.676. The fraction of sp³-hybridized carbons (Fsp3) is 0.722. The molecule has 0 radical (unpaired) electrons. The lowest BCUT2D eigenvalue weighted by atomic mass is 9.99. The SMILES string of the molecule is O=C(Nc1nccs1)C(CC1CCCCO1)N1CCN(S(=O)(=O)C2CC2)CC1=O. The molecule has 29 heavy (non-hydrogen) atoms. The van der Waals surface area contributed by atoms with Gasteiger partial charge in [-0.25, -0.2) is 13.4 Å². The molecule has 4 rings (SSSR count). The molecule has 160 valence electrons. The van der Waals surface area contributed by atoms with Gasteiger partial charge in [-0.2, -0.15) is 4.31 Å². The minimum Gasteiger partial charge on any atom is -0.378 e. The van der Waals surface area contributed by atoms with Gasteiger partial charge in [-0.1, -0.05) is 0 Å². The van der Waals surface area contributed by atoms with Crippen LogP contribution in [0.2, 0.25) is 0 Å². The first-order chi connectivity index (χ1) is 13.9. The highest BCUT2D eigenvalue weighted by atomic mass is 32.2. The van der Waals surface area contributed by atoms with Crippen LogP contribution in [-0.2, 0) is 24.3 Å². The third-order valence-electron chi connectivity index (χ3n) is 5.63. The van der Waals surface area contributed by atoms with Gasteiger partial charge in [0.25, 0.3) is 0 Å². The fourth-order valence-corrected chi connectivity index (χ4v) is 6.19. The minimum absolute atomic E-state index is 0.0863. The highest BCUT2D eigenvalue weighted by Crippen LogP contribution is 2.32. The number of carbonyl (C=O) groups is 2. The molecule has 11 heteroatoms. The Kier molecular flexibility index (Phi) is 6.19. The lowest BCUT2D eigenvalue weighted by molar-refractivity contribution is -0.143. The maximum Gasteiger partial charge on any atom is 0.249 e. The van der Waals surface area contributed by atoms with Gasteiger partial charge < -0.3 is 15.0 Å². The molecule has 9 nitrogen and oxygen atoms in total. The molecule has 1 aromatic heterocycles. The van der Waals surface area contributed by atoms with Gasteiger partial charge in [0, 0.05) is 37.7 Å². The Hall–Kier alpha value is -1.56. The number of nitrogens with zero attached hydrogens (tertiary/aromatic N) is 3. The standard InChI is InChI=1S/C18H26N4O5S2/c23-16-12-21(29(25,26)14-4-5-14)7-8-22(16)15(11-13-3-1-2-9-27-13)17(24)20-18-19-6-10-28-18/h6,10,13-15H,1-5,7-9,11-12H2,(H,19,20,24). The van der Waals surface area contributed by atoms with Crippen molar-refractivity contribution in [3.8, 4) is 0 Å². The Morgan fingerprint density at radius 2 is 2.14 bits per heavy atom. The number of thiazole rings is 1. The summed E-state index contributed by atoms with van der Waals surface area (Å²) in [5.74, 6) is -0.642. The molecule has 2 atom stereocenters. The summed E-state index contributed by atoms with van der Waals surface area (Å²) in [7, 11) is -3.41. The van der Waals surface area contributed by atoms with Gasteiger partial charge in [0.15, 0.2) is 5.13 Å². The molecule has 0 aromatic carbocycles. The number of amides is 2. The van der Waals surface area contributed by atoms with Crippen LogP contribution in [0.5, 0.6) is 0 Å². The molecule has 2 amide bonds. The third kappa shape index (κ3) is 4.79. The van der Waals surface area contributed by atoms with E-state index in [0.717, 1.165) is 19.3 Å². The van der Waals surface area contributed by atoms with E-state index < -0.39 is 16.1 Å². The molecule has 0 spiro atoms. The molecule has 2 aliphatic heterocycles. The van der Waals surface area contributed by atoms with Crippen LogP contribution >= 0.6 is 11.3 Å². The van der Waals surface area contributed by atoms with Crippen molar-refractivity contribution in [1.29, 1.82) is 0 Å². The number of ether oxygens (including phenoxy) is 1. The van der Waals surface area contributed by atoms with Crippen molar-refractivity contribution in [3.63, 3.8) is 0 Å². The van der Waals surface area contributed by atoms with Crippen molar-refractivity contribution in [2.24, 2.45) is 0 Å². The van der Waals surface area contributed by atoms with E-state index >= 15 is 0 Å². The molecule has 3 heterocycles. The second-order valence-electron chi connectivity index (χ2n) is 7.73. The van der Waals surface area contributed by atoms with E-state index in [1.54, 1.807) is 11.6 Å². The second-order valence-corrected chi connectivity index (χ2v) is 10.8. The van der Waals surface area contributed by atoms with Gasteiger partial charge in [-0.05, 0) is 32.1 Å². The van der Waals surface area contributed by atoms with E-state index in [2.05, 4.69) is 10.3 Å². The van der Waals surface area contributed by atoms with E-state index in [0.29, 0.717) is 31.0 Å². The molecule has 3 fully saturated rings. The van der Waals surface area contributed by atoms with E-state index in [9.17, 15) is 18.0 Å². The summed E-state index contributed by atoms with van der Waals surface area (Å²) in [6.45, 7) is 0.878. The number of hydrogen-bond donors (Lipinski definition) is 1. The lowest BCUT2D eigenvalue weighted by Gasteiger charge is -2.39. The highest BCUT2D eigenvalue weighted by molar-refractivity contribution is 7.90. The molecule has 2 saturated heterocycles. The number of hydrogen-bond acceptors (Lipinski definition) is 7. The number of anilines is 1. The van der Waals surface area contributed by atoms with Crippen molar-refractivity contribution in [2.75, 3.05) is 31.6 Å². The minimum atomic E-state index is -3.41. The highest BCUT2D eigenvalue weighted by Gasteiger charge is 2.44. The molecule has 3 aliphatic rings. The van der Waals surface area contributed by atoms with Crippen LogP contribution in [0.15, 0.2) is 11.6 Å². The van der Waals surface area contributed by atoms with E-state index in [1.165, 1.54) is 20.5 Å². The van der Waals surface area contributed by atoms with Crippen molar-refractivity contribution < 1.29 is 22.7 Å². The number of rotatable bonds is 7. The van der Waals surface area contributed by atoms with Crippen LogP contribution in [0.4, 0.5) is 5.13 Å². The first-order valence-electron chi connectivity index (χ1n) is 10.1. The fourth-order valence-electron chi connectivity index (χ4n) is 3.88. The van der Waals surface area contributed by atoms with Crippen molar-refractivity contribution >= 4 is 38.3 Å². The average Bonchev–Trinajstić information content (AvgIpc) is 3.46. The maximum atomic E-state index is 13.0. The van der Waals surface area contributed by atoms with E-state index in [4.69, 9.17) is 4.74 Å². The van der Waals surface area contributed by atoms with Crippen LogP contribution in [0.3, 0.4) is 0 Å². The number of aromatic nitrogens is 1. The van der Waals surface area contributed by atoms with Crippen LogP contribution < -0.4 is 5.32 Å². The number of carbonyl (C=O) groups excluding carboxylic acids is 2. The topological polar surface area (TPSA) is 109 Å². The Balaban J connectivity index is 1.47. The molecule has 1 aliphatic carbocycles. The average molecular weight is 443 g/mol. The Morgan fingerprint density at radius 1 is 1.31 bits per heavy atom. The van der Waals surface area contributed by atoms with Crippen LogP contribution in [-0.4, -0.2) is 78.1 Å². The predicted molar refractivity (Wildman–Crippen MR) is 108 cm³/mol. The molecule has 0 bridgehead atoms. The molecular weight excluding hydrogens is 416 g/mol. The zero-order valence-electron chi connectivity index (χ0n) is 16.2. The Labute approximate surface area is 174 Å². The first kappa shape index (κ1) is 20.7. The van der Waals surface area contributed by atoms with Gasteiger partial charge in [0.05, 0.1) is 17.9 Å². The third-order valence-corrected chi connectivity index (χ3v) is 8.66.